The zero-order valence-electron chi connectivity index (χ0n) is 12.4. The minimum Gasteiger partial charge on any atom is -0.333 e. The van der Waals surface area contributed by atoms with Gasteiger partial charge >= 0.3 is 0 Å². The molecule has 6 nitrogen and oxygen atoms in total. The van der Waals surface area contributed by atoms with Gasteiger partial charge in [-0.3, -0.25) is 4.79 Å². The van der Waals surface area contributed by atoms with Gasteiger partial charge in [0.15, 0.2) is 6.54 Å². The molecule has 1 aromatic carbocycles. The van der Waals surface area contributed by atoms with Crippen LogP contribution in [-0.2, 0) is 11.3 Å². The second-order valence-electron chi connectivity index (χ2n) is 5.45. The Morgan fingerprint density at radius 3 is 2.86 bits per heavy atom. The highest BCUT2D eigenvalue weighted by molar-refractivity contribution is 6.30. The monoisotopic (exact) mass is 321 g/mol. The van der Waals surface area contributed by atoms with Gasteiger partial charge in [0.25, 0.3) is 5.89 Å². The van der Waals surface area contributed by atoms with Crippen LogP contribution in [0.1, 0.15) is 12.8 Å². The number of rotatable bonds is 3. The van der Waals surface area contributed by atoms with Crippen molar-refractivity contribution in [1.29, 1.82) is 0 Å². The number of carbonyl (C=O) groups excluding carboxylic acids is 1. The lowest BCUT2D eigenvalue weighted by atomic mass is 10.2. The topological polar surface area (TPSA) is 63.7 Å². The summed E-state index contributed by atoms with van der Waals surface area (Å²) in [6.45, 7) is 5.64. The summed E-state index contributed by atoms with van der Waals surface area (Å²) >= 11 is 5.97. The lowest BCUT2D eigenvalue weighted by Crippen LogP contribution is -3.13. The van der Waals surface area contributed by atoms with Gasteiger partial charge in [-0.05, 0) is 12.1 Å². The van der Waals surface area contributed by atoms with Crippen LogP contribution in [0.25, 0.3) is 11.4 Å². The molecular formula is C15H18ClN4O2+. The van der Waals surface area contributed by atoms with Crippen LogP contribution in [0.4, 0.5) is 0 Å². The first-order valence-corrected chi connectivity index (χ1v) is 7.67. The molecule has 1 N–H and O–H groups in total. The first kappa shape index (κ1) is 15.0. The molecule has 0 radical (unpaired) electrons. The Hall–Kier alpha value is -1.92. The van der Waals surface area contributed by atoms with Crippen LogP contribution in [0.3, 0.4) is 0 Å². The van der Waals surface area contributed by atoms with Crippen LogP contribution in [0, 0.1) is 0 Å². The largest absolute Gasteiger partial charge is 0.333 e. The molecule has 1 aromatic heterocycles. The zero-order chi connectivity index (χ0) is 15.5. The van der Waals surface area contributed by atoms with Crippen LogP contribution < -0.4 is 4.90 Å². The van der Waals surface area contributed by atoms with E-state index in [4.69, 9.17) is 16.1 Å². The highest BCUT2D eigenvalue weighted by atomic mass is 35.5. The predicted octanol–water partition coefficient (Wildman–Crippen LogP) is 0.637. The first-order chi connectivity index (χ1) is 10.6. The molecule has 0 atom stereocenters. The van der Waals surface area contributed by atoms with E-state index in [1.807, 2.05) is 29.2 Å². The number of hydrogen-bond acceptors (Lipinski definition) is 4. The van der Waals surface area contributed by atoms with E-state index in [0.29, 0.717) is 23.3 Å². The van der Waals surface area contributed by atoms with Gasteiger partial charge in [0.05, 0.1) is 26.2 Å². The van der Waals surface area contributed by atoms with Crippen molar-refractivity contribution >= 4 is 17.5 Å². The number of hydrogen-bond donors (Lipinski definition) is 1. The number of aromatic nitrogens is 2. The van der Waals surface area contributed by atoms with E-state index in [2.05, 4.69) is 10.1 Å². The smallest absolute Gasteiger partial charge is 0.282 e. The van der Waals surface area contributed by atoms with E-state index >= 15 is 0 Å². The molecule has 7 heteroatoms. The van der Waals surface area contributed by atoms with Gasteiger partial charge in [-0.25, -0.2) is 0 Å². The van der Waals surface area contributed by atoms with Crippen LogP contribution in [0.5, 0.6) is 0 Å². The molecule has 0 aliphatic carbocycles. The fraction of sp³-hybridized carbons (Fsp3) is 0.400. The van der Waals surface area contributed by atoms with Gasteiger partial charge < -0.3 is 14.3 Å². The van der Waals surface area contributed by atoms with E-state index in [9.17, 15) is 4.79 Å². The molecule has 0 spiro atoms. The minimum atomic E-state index is 0.139. The maximum atomic E-state index is 11.3. The second-order valence-corrected chi connectivity index (χ2v) is 5.89. The van der Waals surface area contributed by atoms with Crippen molar-refractivity contribution in [1.82, 2.24) is 15.0 Å². The summed E-state index contributed by atoms with van der Waals surface area (Å²) < 4.78 is 5.33. The van der Waals surface area contributed by atoms with Gasteiger partial charge in [0.1, 0.15) is 0 Å². The number of carbonyl (C=O) groups is 1. The molecule has 1 amide bonds. The van der Waals surface area contributed by atoms with Crippen molar-refractivity contribution in [3.63, 3.8) is 0 Å². The molecule has 0 bridgehead atoms. The molecular weight excluding hydrogens is 304 g/mol. The van der Waals surface area contributed by atoms with Gasteiger partial charge in [0.2, 0.25) is 11.7 Å². The Kier molecular flexibility index (Phi) is 4.40. The molecule has 2 heterocycles. The van der Waals surface area contributed by atoms with Gasteiger partial charge in [-0.2, -0.15) is 4.98 Å². The van der Waals surface area contributed by atoms with Crippen molar-refractivity contribution in [2.45, 2.75) is 13.5 Å². The van der Waals surface area contributed by atoms with Crippen LogP contribution in [0.15, 0.2) is 28.8 Å². The standard InChI is InChI=1S/C15H17ClN4O2/c1-11(21)20-7-5-19(6-8-20)10-14-17-15(18-22-14)12-3-2-4-13(16)9-12/h2-4,9H,5-8,10H2,1H3/p+1. The van der Waals surface area contributed by atoms with Crippen LogP contribution in [0.2, 0.25) is 5.02 Å². The van der Waals surface area contributed by atoms with Crippen molar-refractivity contribution in [2.24, 2.45) is 0 Å². The fourth-order valence-corrected chi connectivity index (χ4v) is 2.79. The number of nitrogens with one attached hydrogen (secondary N) is 1. The average molecular weight is 322 g/mol. The maximum absolute atomic E-state index is 11.3. The number of benzene rings is 1. The van der Waals surface area contributed by atoms with Crippen molar-refractivity contribution in [3.05, 3.63) is 35.2 Å². The minimum absolute atomic E-state index is 0.139. The van der Waals surface area contributed by atoms with Crippen molar-refractivity contribution in [2.75, 3.05) is 26.2 Å². The molecule has 0 saturated carbocycles. The van der Waals surface area contributed by atoms with E-state index < -0.39 is 0 Å². The maximum Gasteiger partial charge on any atom is 0.282 e. The lowest BCUT2D eigenvalue weighted by molar-refractivity contribution is -0.918. The number of nitrogens with zero attached hydrogens (tertiary/aromatic N) is 3. The Bertz CT molecular complexity index is 665. The highest BCUT2D eigenvalue weighted by Crippen LogP contribution is 2.19. The summed E-state index contributed by atoms with van der Waals surface area (Å²) in [6.07, 6.45) is 0. The predicted molar refractivity (Wildman–Crippen MR) is 81.4 cm³/mol. The van der Waals surface area contributed by atoms with E-state index in [1.54, 1.807) is 6.92 Å². The van der Waals surface area contributed by atoms with Gasteiger partial charge in [0, 0.05) is 17.5 Å². The number of halogens is 1. The normalized spacial score (nSPS) is 16.0. The molecule has 1 aliphatic rings. The second kappa shape index (κ2) is 6.46. The molecule has 0 unspecified atom stereocenters. The summed E-state index contributed by atoms with van der Waals surface area (Å²) in [5.74, 6) is 1.31. The SMILES string of the molecule is CC(=O)N1CC[NH+](Cc2nc(-c3cccc(Cl)c3)no2)CC1. The Labute approximate surface area is 133 Å². The van der Waals surface area contributed by atoms with Gasteiger partial charge in [-0.15, -0.1) is 0 Å². The fourth-order valence-electron chi connectivity index (χ4n) is 2.60. The summed E-state index contributed by atoms with van der Waals surface area (Å²) in [5.41, 5.74) is 0.846. The number of quaternary nitrogens is 1. The summed E-state index contributed by atoms with van der Waals surface area (Å²) in [7, 11) is 0. The summed E-state index contributed by atoms with van der Waals surface area (Å²) in [6, 6.07) is 7.39. The summed E-state index contributed by atoms with van der Waals surface area (Å²) in [5, 5.41) is 4.66. The van der Waals surface area contributed by atoms with E-state index in [1.165, 1.54) is 4.90 Å². The highest BCUT2D eigenvalue weighted by Gasteiger charge is 2.23. The van der Waals surface area contributed by atoms with Crippen molar-refractivity contribution in [3.8, 4) is 11.4 Å². The van der Waals surface area contributed by atoms with Crippen LogP contribution in [-0.4, -0.2) is 47.1 Å². The molecule has 1 saturated heterocycles. The van der Waals surface area contributed by atoms with E-state index in [-0.39, 0.29) is 5.91 Å². The van der Waals surface area contributed by atoms with Crippen LogP contribution >= 0.6 is 11.6 Å². The molecule has 1 fully saturated rings. The molecule has 116 valence electrons. The molecule has 2 aromatic rings. The Morgan fingerprint density at radius 2 is 2.18 bits per heavy atom. The van der Waals surface area contributed by atoms with Crippen molar-refractivity contribution < 1.29 is 14.2 Å². The number of piperazine rings is 1. The third kappa shape index (κ3) is 3.45. The lowest BCUT2D eigenvalue weighted by Gasteiger charge is -2.30. The molecule has 3 rings (SSSR count). The Morgan fingerprint density at radius 1 is 1.41 bits per heavy atom. The third-order valence-corrected chi connectivity index (χ3v) is 4.10. The van der Waals surface area contributed by atoms with Gasteiger partial charge in [-0.1, -0.05) is 28.9 Å². The average Bonchev–Trinajstić information content (AvgIpc) is 2.96. The molecule has 22 heavy (non-hydrogen) atoms. The number of amides is 1. The quantitative estimate of drug-likeness (QED) is 0.901. The van der Waals surface area contributed by atoms with E-state index in [0.717, 1.165) is 31.7 Å². The molecule has 1 aliphatic heterocycles. The summed E-state index contributed by atoms with van der Waals surface area (Å²) in [4.78, 5) is 19.0. The Balaban J connectivity index is 1.62. The third-order valence-electron chi connectivity index (χ3n) is 3.87. The zero-order valence-corrected chi connectivity index (χ0v) is 13.1. The first-order valence-electron chi connectivity index (χ1n) is 7.29.